The number of aryl methyl sites for hydroxylation is 4. The summed E-state index contributed by atoms with van der Waals surface area (Å²) in [4.78, 5) is 12.9. The summed E-state index contributed by atoms with van der Waals surface area (Å²) in [6.07, 6.45) is 0. The number of ketones is 1. The van der Waals surface area contributed by atoms with E-state index in [9.17, 15) is 4.79 Å². The monoisotopic (exact) mass is 305 g/mol. The molecule has 3 rings (SSSR count). The first-order valence-corrected chi connectivity index (χ1v) is 7.53. The fourth-order valence-corrected chi connectivity index (χ4v) is 2.86. The van der Waals surface area contributed by atoms with Crippen molar-refractivity contribution in [2.75, 3.05) is 5.73 Å². The largest absolute Gasteiger partial charge is 0.396 e. The molecule has 0 spiro atoms. The quantitative estimate of drug-likeness (QED) is 0.733. The van der Waals surface area contributed by atoms with Crippen LogP contribution in [0.1, 0.15) is 38.3 Å². The zero-order valence-electron chi connectivity index (χ0n) is 13.8. The number of nitrogens with zero attached hydrogens (tertiary/aromatic N) is 2. The molecule has 0 saturated heterocycles. The minimum absolute atomic E-state index is 0.183. The molecule has 1 aromatic heterocycles. The van der Waals surface area contributed by atoms with E-state index in [4.69, 9.17) is 5.73 Å². The molecule has 0 unspecified atom stereocenters. The van der Waals surface area contributed by atoms with Gasteiger partial charge in [-0.15, -0.1) is 10.2 Å². The van der Waals surface area contributed by atoms with Crippen molar-refractivity contribution in [2.24, 2.45) is 0 Å². The Labute approximate surface area is 135 Å². The number of aromatic nitrogens is 2. The molecule has 0 bridgehead atoms. The molecule has 0 aliphatic carbocycles. The second-order valence-electron chi connectivity index (χ2n) is 6.09. The van der Waals surface area contributed by atoms with Crippen LogP contribution in [0.4, 0.5) is 5.69 Å². The van der Waals surface area contributed by atoms with E-state index in [1.807, 2.05) is 58.0 Å². The van der Waals surface area contributed by atoms with Gasteiger partial charge in [0.15, 0.2) is 5.69 Å². The zero-order valence-corrected chi connectivity index (χ0v) is 13.8. The van der Waals surface area contributed by atoms with E-state index in [1.165, 1.54) is 0 Å². The van der Waals surface area contributed by atoms with E-state index in [2.05, 4.69) is 10.2 Å². The lowest BCUT2D eigenvalue weighted by atomic mass is 9.98. The number of carbonyl (C=O) groups is 1. The van der Waals surface area contributed by atoms with Gasteiger partial charge >= 0.3 is 0 Å². The molecule has 0 saturated carbocycles. The molecule has 0 amide bonds. The number of hydrogen-bond acceptors (Lipinski definition) is 4. The van der Waals surface area contributed by atoms with E-state index >= 15 is 0 Å². The lowest BCUT2D eigenvalue weighted by molar-refractivity contribution is 0.103. The number of carbonyl (C=O) groups excluding carboxylic acids is 1. The number of hydrogen-bond donors (Lipinski definition) is 1. The highest BCUT2D eigenvalue weighted by Crippen LogP contribution is 2.27. The van der Waals surface area contributed by atoms with Crippen LogP contribution < -0.4 is 5.73 Å². The van der Waals surface area contributed by atoms with E-state index in [0.29, 0.717) is 11.3 Å². The van der Waals surface area contributed by atoms with Crippen molar-refractivity contribution in [3.05, 3.63) is 63.8 Å². The van der Waals surface area contributed by atoms with E-state index in [0.717, 1.165) is 33.2 Å². The highest BCUT2D eigenvalue weighted by molar-refractivity contribution is 6.14. The molecule has 4 heteroatoms. The Balaban J connectivity index is 2.22. The van der Waals surface area contributed by atoms with Gasteiger partial charge in [-0.25, -0.2) is 0 Å². The summed E-state index contributed by atoms with van der Waals surface area (Å²) in [6, 6.07) is 9.76. The summed E-state index contributed by atoms with van der Waals surface area (Å²) < 4.78 is 0. The van der Waals surface area contributed by atoms with Gasteiger partial charge in [-0.2, -0.15) is 0 Å². The van der Waals surface area contributed by atoms with E-state index in [1.54, 1.807) is 0 Å². The SMILES string of the molecule is Cc1ccc(C)c(C(=O)c2nnc3c(C)cc(C)cc3c2N)c1. The third kappa shape index (κ3) is 2.57. The lowest BCUT2D eigenvalue weighted by Crippen LogP contribution is -2.12. The molecule has 0 aliphatic rings. The highest BCUT2D eigenvalue weighted by Gasteiger charge is 2.19. The van der Waals surface area contributed by atoms with Gasteiger partial charge in [-0.1, -0.05) is 29.3 Å². The number of benzene rings is 2. The Morgan fingerprint density at radius 1 is 0.913 bits per heavy atom. The standard InChI is InChI=1S/C19H19N3O/c1-10-5-6-12(3)14(8-10)19(23)18-16(20)15-9-11(2)7-13(4)17(15)21-22-18/h5-9H,1-4H3,(H2,20,21). The minimum atomic E-state index is -0.183. The van der Waals surface area contributed by atoms with Crippen molar-refractivity contribution in [1.29, 1.82) is 0 Å². The molecule has 2 N–H and O–H groups in total. The summed E-state index contributed by atoms with van der Waals surface area (Å²) in [5.41, 5.74) is 12.3. The lowest BCUT2D eigenvalue weighted by Gasteiger charge is -2.11. The van der Waals surface area contributed by atoms with Crippen LogP contribution in [-0.4, -0.2) is 16.0 Å². The van der Waals surface area contributed by atoms with Crippen LogP contribution in [0.5, 0.6) is 0 Å². The molecule has 0 radical (unpaired) electrons. The third-order valence-corrected chi connectivity index (χ3v) is 4.09. The smallest absolute Gasteiger partial charge is 0.215 e. The Bertz CT molecular complexity index is 945. The first-order valence-electron chi connectivity index (χ1n) is 7.53. The summed E-state index contributed by atoms with van der Waals surface area (Å²) in [7, 11) is 0. The molecule has 4 nitrogen and oxygen atoms in total. The van der Waals surface area contributed by atoms with Gasteiger partial charge in [0.25, 0.3) is 0 Å². The second-order valence-corrected chi connectivity index (χ2v) is 6.09. The summed E-state index contributed by atoms with van der Waals surface area (Å²) in [5.74, 6) is -0.183. The Morgan fingerprint density at radius 3 is 2.39 bits per heavy atom. The number of fused-ring (bicyclic) bond motifs is 1. The van der Waals surface area contributed by atoms with Gasteiger partial charge < -0.3 is 5.73 Å². The van der Waals surface area contributed by atoms with Gasteiger partial charge in [0.2, 0.25) is 5.78 Å². The second kappa shape index (κ2) is 5.47. The van der Waals surface area contributed by atoms with Crippen LogP contribution in [0, 0.1) is 27.7 Å². The Kier molecular flexibility index (Phi) is 3.60. The normalized spacial score (nSPS) is 11.0. The summed E-state index contributed by atoms with van der Waals surface area (Å²) in [6.45, 7) is 7.83. The molecule has 3 aromatic rings. The molecular formula is C19H19N3O. The van der Waals surface area contributed by atoms with Crippen molar-refractivity contribution in [3.63, 3.8) is 0 Å². The zero-order chi connectivity index (χ0) is 16.7. The van der Waals surface area contributed by atoms with Crippen LogP contribution in [0.2, 0.25) is 0 Å². The van der Waals surface area contributed by atoms with Crippen LogP contribution >= 0.6 is 0 Å². The van der Waals surface area contributed by atoms with Crippen molar-refractivity contribution in [3.8, 4) is 0 Å². The number of nitrogens with two attached hydrogens (primary N) is 1. The fourth-order valence-electron chi connectivity index (χ4n) is 2.86. The van der Waals surface area contributed by atoms with E-state index in [-0.39, 0.29) is 11.5 Å². The maximum Gasteiger partial charge on any atom is 0.215 e. The van der Waals surface area contributed by atoms with Gasteiger partial charge in [0.05, 0.1) is 11.2 Å². The molecule has 116 valence electrons. The van der Waals surface area contributed by atoms with Crippen LogP contribution in [-0.2, 0) is 0 Å². The van der Waals surface area contributed by atoms with Crippen molar-refractivity contribution in [1.82, 2.24) is 10.2 Å². The number of anilines is 1. The average Bonchev–Trinajstić information content (AvgIpc) is 2.50. The predicted octanol–water partition coefficient (Wildman–Crippen LogP) is 3.68. The molecule has 0 atom stereocenters. The summed E-state index contributed by atoms with van der Waals surface area (Å²) >= 11 is 0. The average molecular weight is 305 g/mol. The van der Waals surface area contributed by atoms with Gasteiger partial charge in [-0.05, 0) is 51.0 Å². The highest BCUT2D eigenvalue weighted by atomic mass is 16.1. The molecule has 1 heterocycles. The van der Waals surface area contributed by atoms with Gasteiger partial charge in [0.1, 0.15) is 0 Å². The maximum atomic E-state index is 12.9. The third-order valence-electron chi connectivity index (χ3n) is 4.09. The molecule has 0 aliphatic heterocycles. The summed E-state index contributed by atoms with van der Waals surface area (Å²) in [5, 5.41) is 9.13. The fraction of sp³-hybridized carbons (Fsp3) is 0.211. The number of rotatable bonds is 2. The van der Waals surface area contributed by atoms with Gasteiger partial charge in [-0.3, -0.25) is 4.79 Å². The Morgan fingerprint density at radius 2 is 1.65 bits per heavy atom. The Hall–Kier alpha value is -2.75. The van der Waals surface area contributed by atoms with Gasteiger partial charge in [0, 0.05) is 10.9 Å². The van der Waals surface area contributed by atoms with Crippen molar-refractivity contribution in [2.45, 2.75) is 27.7 Å². The predicted molar refractivity (Wildman–Crippen MR) is 92.8 cm³/mol. The van der Waals surface area contributed by atoms with Crippen LogP contribution in [0.25, 0.3) is 10.9 Å². The maximum absolute atomic E-state index is 12.9. The molecule has 0 fully saturated rings. The van der Waals surface area contributed by atoms with Crippen LogP contribution in [0.15, 0.2) is 30.3 Å². The minimum Gasteiger partial charge on any atom is -0.396 e. The van der Waals surface area contributed by atoms with Crippen molar-refractivity contribution >= 4 is 22.4 Å². The molecule has 2 aromatic carbocycles. The van der Waals surface area contributed by atoms with Crippen LogP contribution in [0.3, 0.4) is 0 Å². The first kappa shape index (κ1) is 15.2. The topological polar surface area (TPSA) is 68.9 Å². The van der Waals surface area contributed by atoms with E-state index < -0.39 is 0 Å². The molecule has 23 heavy (non-hydrogen) atoms. The van der Waals surface area contributed by atoms with Crippen molar-refractivity contribution < 1.29 is 4.79 Å². The number of nitrogen functional groups attached to an aromatic ring is 1. The molecular weight excluding hydrogens is 286 g/mol. The first-order chi connectivity index (χ1) is 10.9.